The van der Waals surface area contributed by atoms with E-state index in [-0.39, 0.29) is 12.0 Å². The molecule has 0 radical (unpaired) electrons. The number of carbonyl (C=O) groups is 1. The van der Waals surface area contributed by atoms with Gasteiger partial charge in [-0.1, -0.05) is 65.2 Å². The Labute approximate surface area is 149 Å². The molecule has 1 atom stereocenters. The maximum atomic E-state index is 12.9. The highest BCUT2D eigenvalue weighted by atomic mass is 32.1. The molecule has 0 amide bonds. The van der Waals surface area contributed by atoms with E-state index in [0.29, 0.717) is 11.4 Å². The van der Waals surface area contributed by atoms with Crippen LogP contribution in [0.5, 0.6) is 0 Å². The van der Waals surface area contributed by atoms with Crippen molar-refractivity contribution in [2.75, 3.05) is 5.73 Å². The van der Waals surface area contributed by atoms with Crippen LogP contribution in [0.25, 0.3) is 0 Å². The Kier molecular flexibility index (Phi) is 10.7. The molecule has 1 heterocycles. The predicted molar refractivity (Wildman–Crippen MR) is 100 cm³/mol. The second-order valence-corrected chi connectivity index (χ2v) is 7.40. The van der Waals surface area contributed by atoms with Gasteiger partial charge in [0.1, 0.15) is 5.00 Å². The number of thiophene rings is 1. The number of esters is 1. The van der Waals surface area contributed by atoms with E-state index >= 15 is 0 Å². The van der Waals surface area contributed by atoms with Crippen molar-refractivity contribution in [1.82, 2.24) is 0 Å². The summed E-state index contributed by atoms with van der Waals surface area (Å²) in [6, 6.07) is 1.53. The first-order valence-electron chi connectivity index (χ1n) is 9.26. The quantitative estimate of drug-likeness (QED) is 0.579. The minimum absolute atomic E-state index is 0.218. The van der Waals surface area contributed by atoms with Crippen LogP contribution in [0.2, 0.25) is 0 Å². The third-order valence-corrected chi connectivity index (χ3v) is 5.10. The molecule has 2 rings (SSSR count). The fraction of sp³-hybridized carbons (Fsp3) is 0.737. The third-order valence-electron chi connectivity index (χ3n) is 4.36. The molecule has 0 saturated heterocycles. The second kappa shape index (κ2) is 12.3. The van der Waals surface area contributed by atoms with Crippen molar-refractivity contribution in [2.24, 2.45) is 5.92 Å². The molecule has 1 aromatic rings. The van der Waals surface area contributed by atoms with Gasteiger partial charge < -0.3 is 10.5 Å². The zero-order valence-electron chi connectivity index (χ0n) is 15.1. The Morgan fingerprint density at radius 3 is 2.58 bits per heavy atom. The molecule has 0 spiro atoms. The molecule has 1 aliphatic rings. The number of alkyl halides is 1. The lowest BCUT2D eigenvalue weighted by atomic mass is 9.86. The number of anilines is 1. The van der Waals surface area contributed by atoms with E-state index in [1.807, 2.05) is 6.92 Å². The average molecular weight is 358 g/mol. The van der Waals surface area contributed by atoms with Crippen molar-refractivity contribution in [3.8, 4) is 0 Å². The lowest BCUT2D eigenvalue weighted by Crippen LogP contribution is -2.13. The van der Waals surface area contributed by atoms with E-state index in [1.54, 1.807) is 5.38 Å². The molecule has 3 nitrogen and oxygen atoms in total. The number of rotatable bonds is 7. The first-order chi connectivity index (χ1) is 11.6. The summed E-state index contributed by atoms with van der Waals surface area (Å²) in [7, 11) is 0. The zero-order valence-corrected chi connectivity index (χ0v) is 15.9. The number of ether oxygens (including phenoxy) is 1. The number of unbranched alkanes of at least 4 members (excludes halogenated alkanes) is 1. The number of hydrogen-bond acceptors (Lipinski definition) is 4. The number of carbonyl (C=O) groups excluding carboxylic acids is 1. The fourth-order valence-corrected chi connectivity index (χ4v) is 3.55. The monoisotopic (exact) mass is 357 g/mol. The van der Waals surface area contributed by atoms with E-state index in [1.165, 1.54) is 68.8 Å². The molecule has 0 aromatic carbocycles. The Morgan fingerprint density at radius 1 is 1.33 bits per heavy atom. The average Bonchev–Trinajstić information content (AvgIpc) is 3.01. The van der Waals surface area contributed by atoms with Crippen LogP contribution in [0.4, 0.5) is 9.39 Å². The van der Waals surface area contributed by atoms with Gasteiger partial charge in [-0.25, -0.2) is 9.18 Å². The Bertz CT molecular complexity index is 458. The molecule has 1 aliphatic carbocycles. The van der Waals surface area contributed by atoms with E-state index in [0.717, 1.165) is 5.92 Å². The summed E-state index contributed by atoms with van der Waals surface area (Å²) in [5.74, 6) is 0.415. The molecule has 1 fully saturated rings. The van der Waals surface area contributed by atoms with Gasteiger partial charge in [-0.2, -0.15) is 0 Å². The number of halogens is 1. The molecule has 1 saturated carbocycles. The van der Waals surface area contributed by atoms with Gasteiger partial charge >= 0.3 is 5.97 Å². The predicted octanol–water partition coefficient (Wildman–Crippen LogP) is 6.34. The standard InChI is InChI=1S/C10H20.C9H12FNO2S/c1-2-3-7-10-8-5-4-6-9-10;1-2-3-7(10)13-9(12)6-4-5-14-8(6)11/h10H,2-9H2,1H3;4-5,7H,2-3,11H2,1H3. The van der Waals surface area contributed by atoms with Crippen molar-refractivity contribution in [3.63, 3.8) is 0 Å². The third kappa shape index (κ3) is 8.13. The molecule has 2 N–H and O–H groups in total. The molecular weight excluding hydrogens is 325 g/mol. The summed E-state index contributed by atoms with van der Waals surface area (Å²) in [6.07, 6.45) is 11.2. The highest BCUT2D eigenvalue weighted by Gasteiger charge is 2.16. The number of nitrogens with two attached hydrogens (primary N) is 1. The highest BCUT2D eigenvalue weighted by Crippen LogP contribution is 2.27. The summed E-state index contributed by atoms with van der Waals surface area (Å²) in [5, 5.41) is 2.03. The van der Waals surface area contributed by atoms with E-state index in [9.17, 15) is 9.18 Å². The highest BCUT2D eigenvalue weighted by molar-refractivity contribution is 7.14. The SMILES string of the molecule is CCCC(F)OC(=O)c1ccsc1N.CCCCC1CCCCC1. The molecule has 138 valence electrons. The summed E-state index contributed by atoms with van der Waals surface area (Å²) in [6.45, 7) is 4.11. The van der Waals surface area contributed by atoms with Crippen molar-refractivity contribution in [3.05, 3.63) is 17.0 Å². The van der Waals surface area contributed by atoms with E-state index in [2.05, 4.69) is 11.7 Å². The zero-order chi connectivity index (χ0) is 17.8. The van der Waals surface area contributed by atoms with E-state index in [4.69, 9.17) is 5.73 Å². The van der Waals surface area contributed by atoms with Crippen LogP contribution in [0.1, 0.15) is 88.4 Å². The summed E-state index contributed by atoms with van der Waals surface area (Å²) in [5.41, 5.74) is 5.73. The van der Waals surface area contributed by atoms with Crippen molar-refractivity contribution < 1.29 is 13.9 Å². The first-order valence-corrected chi connectivity index (χ1v) is 10.1. The minimum atomic E-state index is -1.54. The smallest absolute Gasteiger partial charge is 0.343 e. The van der Waals surface area contributed by atoms with Gasteiger partial charge in [0, 0.05) is 6.42 Å². The van der Waals surface area contributed by atoms with Gasteiger partial charge in [-0.3, -0.25) is 0 Å². The summed E-state index contributed by atoms with van der Waals surface area (Å²) in [4.78, 5) is 11.3. The van der Waals surface area contributed by atoms with Gasteiger partial charge in [0.05, 0.1) is 5.56 Å². The molecular formula is C19H32FNO2S. The lowest BCUT2D eigenvalue weighted by Gasteiger charge is -2.20. The summed E-state index contributed by atoms with van der Waals surface area (Å²) >= 11 is 1.23. The molecule has 0 aliphatic heterocycles. The van der Waals surface area contributed by atoms with Crippen LogP contribution >= 0.6 is 11.3 Å². The molecule has 1 aromatic heterocycles. The van der Waals surface area contributed by atoms with Crippen LogP contribution in [0, 0.1) is 5.92 Å². The van der Waals surface area contributed by atoms with Crippen LogP contribution in [0.15, 0.2) is 11.4 Å². The minimum Gasteiger partial charge on any atom is -0.427 e. The molecule has 24 heavy (non-hydrogen) atoms. The van der Waals surface area contributed by atoms with Gasteiger partial charge in [-0.15, -0.1) is 11.3 Å². The number of nitrogen functional groups attached to an aromatic ring is 1. The summed E-state index contributed by atoms with van der Waals surface area (Å²) < 4.78 is 17.4. The van der Waals surface area contributed by atoms with Crippen molar-refractivity contribution >= 4 is 22.3 Å². The topological polar surface area (TPSA) is 52.3 Å². The van der Waals surface area contributed by atoms with E-state index < -0.39 is 12.3 Å². The van der Waals surface area contributed by atoms with Crippen molar-refractivity contribution in [2.45, 2.75) is 84.4 Å². The molecule has 5 heteroatoms. The van der Waals surface area contributed by atoms with Gasteiger partial charge in [-0.05, 0) is 23.8 Å². The fourth-order valence-electron chi connectivity index (χ4n) is 2.92. The Morgan fingerprint density at radius 2 is 2.04 bits per heavy atom. The Hall–Kier alpha value is -1.10. The molecule has 1 unspecified atom stereocenters. The maximum absolute atomic E-state index is 12.9. The maximum Gasteiger partial charge on any atom is 0.343 e. The van der Waals surface area contributed by atoms with Crippen LogP contribution in [-0.4, -0.2) is 12.3 Å². The molecule has 0 bridgehead atoms. The normalized spacial score (nSPS) is 16.1. The largest absolute Gasteiger partial charge is 0.427 e. The first kappa shape index (κ1) is 20.9. The second-order valence-electron chi connectivity index (χ2n) is 6.45. The van der Waals surface area contributed by atoms with Gasteiger partial charge in [0.25, 0.3) is 0 Å². The van der Waals surface area contributed by atoms with Gasteiger partial charge in [0.15, 0.2) is 0 Å². The van der Waals surface area contributed by atoms with Crippen LogP contribution in [0.3, 0.4) is 0 Å². The van der Waals surface area contributed by atoms with Gasteiger partial charge in [0.2, 0.25) is 6.36 Å². The van der Waals surface area contributed by atoms with Crippen molar-refractivity contribution in [1.29, 1.82) is 0 Å². The Balaban J connectivity index is 0.000000254. The lowest BCUT2D eigenvalue weighted by molar-refractivity contribution is -0.0186. The number of hydrogen-bond donors (Lipinski definition) is 1. The van der Waals surface area contributed by atoms with Crippen LogP contribution in [-0.2, 0) is 4.74 Å². The van der Waals surface area contributed by atoms with Crippen LogP contribution < -0.4 is 5.73 Å².